The molecule has 0 bridgehead atoms. The summed E-state index contributed by atoms with van der Waals surface area (Å²) in [4.78, 5) is 25.8. The third kappa shape index (κ3) is 3.88. The van der Waals surface area contributed by atoms with Gasteiger partial charge in [-0.2, -0.15) is 5.10 Å². The predicted octanol–water partition coefficient (Wildman–Crippen LogP) is 4.74. The number of rotatable bonds is 3. The number of halogens is 3. The summed E-state index contributed by atoms with van der Waals surface area (Å²) in [6.07, 6.45) is 3.29. The number of benzene rings is 2. The van der Waals surface area contributed by atoms with Crippen LogP contribution < -0.4 is 4.90 Å². The van der Waals surface area contributed by atoms with E-state index in [-0.39, 0.29) is 5.91 Å². The topological polar surface area (TPSA) is 67.2 Å². The number of hydrogen-bond donors (Lipinski definition) is 0. The van der Waals surface area contributed by atoms with Crippen molar-refractivity contribution in [3.8, 4) is 5.69 Å². The molecule has 0 spiro atoms. The first-order valence-corrected chi connectivity index (χ1v) is 11.1. The molecular weight excluding hydrogens is 471 g/mol. The molecule has 162 valence electrons. The van der Waals surface area contributed by atoms with Gasteiger partial charge in [0.05, 0.1) is 27.9 Å². The van der Waals surface area contributed by atoms with Crippen LogP contribution in [-0.2, 0) is 0 Å². The van der Waals surface area contributed by atoms with Crippen molar-refractivity contribution < 1.29 is 4.79 Å². The number of hydrogen-bond acceptors (Lipinski definition) is 5. The molecular formula is C22H17Cl3N6O. The van der Waals surface area contributed by atoms with E-state index in [1.807, 2.05) is 24.3 Å². The molecule has 0 radical (unpaired) electrons. The second-order valence-electron chi connectivity index (χ2n) is 7.37. The van der Waals surface area contributed by atoms with Gasteiger partial charge in [-0.1, -0.05) is 40.9 Å². The van der Waals surface area contributed by atoms with Gasteiger partial charge >= 0.3 is 0 Å². The van der Waals surface area contributed by atoms with Crippen LogP contribution in [-0.4, -0.2) is 56.7 Å². The van der Waals surface area contributed by atoms with Gasteiger partial charge in [-0.15, -0.1) is 0 Å². The number of fused-ring (bicyclic) bond motifs is 1. The monoisotopic (exact) mass is 486 g/mol. The first-order valence-electron chi connectivity index (χ1n) is 9.95. The van der Waals surface area contributed by atoms with E-state index in [1.54, 1.807) is 34.0 Å². The van der Waals surface area contributed by atoms with Gasteiger partial charge in [0.1, 0.15) is 12.1 Å². The molecule has 1 aliphatic heterocycles. The molecule has 7 nitrogen and oxygen atoms in total. The normalized spacial score (nSPS) is 14.2. The van der Waals surface area contributed by atoms with E-state index >= 15 is 0 Å². The fourth-order valence-corrected chi connectivity index (χ4v) is 4.39. The quantitative estimate of drug-likeness (QED) is 0.418. The highest BCUT2D eigenvalue weighted by molar-refractivity contribution is 6.35. The molecule has 0 atom stereocenters. The van der Waals surface area contributed by atoms with Crippen LogP contribution in [0.15, 0.2) is 55.0 Å². The Kier molecular flexibility index (Phi) is 5.63. The summed E-state index contributed by atoms with van der Waals surface area (Å²) in [5.41, 5.74) is 1.94. The highest BCUT2D eigenvalue weighted by Crippen LogP contribution is 2.27. The lowest BCUT2D eigenvalue weighted by atomic mass is 10.1. The van der Waals surface area contributed by atoms with Crippen LogP contribution in [0.2, 0.25) is 15.1 Å². The lowest BCUT2D eigenvalue weighted by Crippen LogP contribution is -2.49. The van der Waals surface area contributed by atoms with E-state index in [2.05, 4.69) is 20.0 Å². The van der Waals surface area contributed by atoms with Gasteiger partial charge in [0.25, 0.3) is 5.91 Å². The molecule has 1 fully saturated rings. The second kappa shape index (κ2) is 8.58. The number of anilines is 1. The largest absolute Gasteiger partial charge is 0.352 e. The molecule has 4 aromatic rings. The van der Waals surface area contributed by atoms with Crippen molar-refractivity contribution in [3.63, 3.8) is 0 Å². The molecule has 3 heterocycles. The van der Waals surface area contributed by atoms with Crippen molar-refractivity contribution in [2.24, 2.45) is 0 Å². The SMILES string of the molecule is O=C(c1cc(Cl)ccc1Cl)N1CCN(c2ncnc3c2cnn3-c2cccc(Cl)c2)CC1. The smallest absolute Gasteiger partial charge is 0.255 e. The summed E-state index contributed by atoms with van der Waals surface area (Å²) >= 11 is 18.4. The van der Waals surface area contributed by atoms with E-state index in [0.717, 1.165) is 16.9 Å². The number of aromatic nitrogens is 4. The number of nitrogens with zero attached hydrogens (tertiary/aromatic N) is 6. The van der Waals surface area contributed by atoms with Gasteiger partial charge in [-0.25, -0.2) is 14.6 Å². The van der Waals surface area contributed by atoms with Gasteiger partial charge < -0.3 is 9.80 Å². The summed E-state index contributed by atoms with van der Waals surface area (Å²) in [6, 6.07) is 12.4. The van der Waals surface area contributed by atoms with Crippen molar-refractivity contribution in [2.75, 3.05) is 31.1 Å². The van der Waals surface area contributed by atoms with Crippen LogP contribution in [0.4, 0.5) is 5.82 Å². The summed E-state index contributed by atoms with van der Waals surface area (Å²) < 4.78 is 1.74. The Labute approximate surface area is 199 Å². The Morgan fingerprint density at radius 2 is 1.69 bits per heavy atom. The standard InChI is InChI=1S/C22H17Cl3N6O/c23-14-2-1-3-16(10-14)31-21-18(12-28-31)20(26-13-27-21)29-6-8-30(9-7-29)22(32)17-11-15(24)4-5-19(17)25/h1-5,10-13H,6-9H2. The van der Waals surface area contributed by atoms with E-state index in [0.29, 0.717) is 52.5 Å². The molecule has 10 heteroatoms. The molecule has 2 aromatic carbocycles. The highest BCUT2D eigenvalue weighted by atomic mass is 35.5. The van der Waals surface area contributed by atoms with E-state index < -0.39 is 0 Å². The van der Waals surface area contributed by atoms with Gasteiger partial charge in [0.2, 0.25) is 0 Å². The van der Waals surface area contributed by atoms with Crippen molar-refractivity contribution in [3.05, 3.63) is 75.6 Å². The first kappa shape index (κ1) is 21.0. The molecule has 0 saturated carbocycles. The lowest BCUT2D eigenvalue weighted by Gasteiger charge is -2.35. The third-order valence-electron chi connectivity index (χ3n) is 5.42. The molecule has 0 N–H and O–H groups in total. The van der Waals surface area contributed by atoms with Crippen LogP contribution in [0.25, 0.3) is 16.7 Å². The Hall–Kier alpha value is -2.87. The maximum atomic E-state index is 12.9. The van der Waals surface area contributed by atoms with Crippen LogP contribution in [0.1, 0.15) is 10.4 Å². The molecule has 1 aliphatic rings. The van der Waals surface area contributed by atoms with Gasteiger partial charge in [0.15, 0.2) is 5.65 Å². The minimum atomic E-state index is -0.126. The van der Waals surface area contributed by atoms with Crippen molar-refractivity contribution in [1.82, 2.24) is 24.6 Å². The first-order chi connectivity index (χ1) is 15.5. The highest BCUT2D eigenvalue weighted by Gasteiger charge is 2.26. The minimum Gasteiger partial charge on any atom is -0.352 e. The number of carbonyl (C=O) groups excluding carboxylic acids is 1. The Bertz CT molecular complexity index is 1320. The van der Waals surface area contributed by atoms with Crippen molar-refractivity contribution in [2.45, 2.75) is 0 Å². The van der Waals surface area contributed by atoms with E-state index in [9.17, 15) is 4.79 Å². The fourth-order valence-electron chi connectivity index (χ4n) is 3.83. The maximum Gasteiger partial charge on any atom is 0.255 e. The molecule has 1 amide bonds. The van der Waals surface area contributed by atoms with Gasteiger partial charge in [0, 0.05) is 36.2 Å². The average molecular weight is 488 g/mol. The Morgan fingerprint density at radius 1 is 0.906 bits per heavy atom. The summed E-state index contributed by atoms with van der Waals surface area (Å²) in [6.45, 7) is 2.32. The summed E-state index contributed by atoms with van der Waals surface area (Å²) in [7, 11) is 0. The number of piperazine rings is 1. The molecule has 32 heavy (non-hydrogen) atoms. The zero-order chi connectivity index (χ0) is 22.2. The van der Waals surface area contributed by atoms with E-state index in [1.165, 1.54) is 6.33 Å². The van der Waals surface area contributed by atoms with E-state index in [4.69, 9.17) is 34.8 Å². The van der Waals surface area contributed by atoms with Crippen molar-refractivity contribution >= 4 is 57.6 Å². The Balaban J connectivity index is 1.37. The van der Waals surface area contributed by atoms with Crippen LogP contribution in [0.5, 0.6) is 0 Å². The molecule has 1 saturated heterocycles. The zero-order valence-corrected chi connectivity index (χ0v) is 19.0. The molecule has 0 aliphatic carbocycles. The van der Waals surface area contributed by atoms with Crippen LogP contribution in [0, 0.1) is 0 Å². The third-order valence-corrected chi connectivity index (χ3v) is 6.22. The molecule has 2 aromatic heterocycles. The molecule has 0 unspecified atom stereocenters. The van der Waals surface area contributed by atoms with Gasteiger partial charge in [-0.3, -0.25) is 4.79 Å². The summed E-state index contributed by atoms with van der Waals surface area (Å²) in [5, 5.41) is 6.84. The zero-order valence-electron chi connectivity index (χ0n) is 16.8. The molecule has 5 rings (SSSR count). The van der Waals surface area contributed by atoms with Crippen LogP contribution in [0.3, 0.4) is 0 Å². The lowest BCUT2D eigenvalue weighted by molar-refractivity contribution is 0.0747. The Morgan fingerprint density at radius 3 is 2.47 bits per heavy atom. The van der Waals surface area contributed by atoms with Crippen LogP contribution >= 0.6 is 34.8 Å². The summed E-state index contributed by atoms with van der Waals surface area (Å²) in [5.74, 6) is 0.662. The number of amides is 1. The predicted molar refractivity (Wildman–Crippen MR) is 126 cm³/mol. The van der Waals surface area contributed by atoms with Crippen molar-refractivity contribution in [1.29, 1.82) is 0 Å². The fraction of sp³-hybridized carbons (Fsp3) is 0.182. The van der Waals surface area contributed by atoms with Gasteiger partial charge in [-0.05, 0) is 36.4 Å². The minimum absolute atomic E-state index is 0.126. The maximum absolute atomic E-state index is 12.9. The number of carbonyl (C=O) groups is 1. The second-order valence-corrected chi connectivity index (χ2v) is 8.65. The average Bonchev–Trinajstić information content (AvgIpc) is 3.25.